The highest BCUT2D eigenvalue weighted by molar-refractivity contribution is 6.02. The van der Waals surface area contributed by atoms with Gasteiger partial charge in [-0.25, -0.2) is 9.78 Å². The quantitative estimate of drug-likeness (QED) is 0.806. The van der Waals surface area contributed by atoms with Crippen molar-refractivity contribution in [3.05, 3.63) is 35.9 Å². The Morgan fingerprint density at radius 1 is 1.26 bits per heavy atom. The van der Waals surface area contributed by atoms with Crippen molar-refractivity contribution in [2.24, 2.45) is 0 Å². The third-order valence-electron chi connectivity index (χ3n) is 2.93. The van der Waals surface area contributed by atoms with E-state index in [1.807, 2.05) is 0 Å². The van der Waals surface area contributed by atoms with Gasteiger partial charge in [0.2, 0.25) is 5.88 Å². The average molecular weight is 259 g/mol. The number of carboxylic acids is 1. The summed E-state index contributed by atoms with van der Waals surface area (Å²) in [5.41, 5.74) is 0.912. The maximum Gasteiger partial charge on any atom is 0.336 e. The summed E-state index contributed by atoms with van der Waals surface area (Å²) in [6, 6.07) is 8.54. The topological polar surface area (TPSA) is 59.4 Å². The van der Waals surface area contributed by atoms with E-state index in [1.165, 1.54) is 0 Å². The van der Waals surface area contributed by atoms with Gasteiger partial charge in [-0.3, -0.25) is 0 Å². The fraction of sp³-hybridized carbons (Fsp3) is 0.333. The summed E-state index contributed by atoms with van der Waals surface area (Å²) in [5.74, 6) is -0.393. The normalized spacial score (nSPS) is 10.6. The Morgan fingerprint density at radius 3 is 2.84 bits per heavy atom. The van der Waals surface area contributed by atoms with Crippen LogP contribution in [0, 0.1) is 0 Å². The predicted molar refractivity (Wildman–Crippen MR) is 73.7 cm³/mol. The Hall–Kier alpha value is -2.10. The van der Waals surface area contributed by atoms with Gasteiger partial charge in [0.15, 0.2) is 0 Å². The maximum absolute atomic E-state index is 11.1. The molecule has 1 heterocycles. The maximum atomic E-state index is 11.1. The summed E-state index contributed by atoms with van der Waals surface area (Å²) in [6.45, 7) is 2.78. The fourth-order valence-electron chi connectivity index (χ4n) is 1.93. The number of unbranched alkanes of at least 4 members (excludes halogenated alkanes) is 2. The molecule has 0 fully saturated rings. The number of pyridine rings is 1. The lowest BCUT2D eigenvalue weighted by Gasteiger charge is -2.07. The smallest absolute Gasteiger partial charge is 0.336 e. The molecule has 4 heteroatoms. The molecule has 0 aliphatic heterocycles. The van der Waals surface area contributed by atoms with Crippen molar-refractivity contribution in [1.29, 1.82) is 0 Å². The van der Waals surface area contributed by atoms with Crippen molar-refractivity contribution in [3.8, 4) is 5.88 Å². The largest absolute Gasteiger partial charge is 0.478 e. The molecule has 2 rings (SSSR count). The average Bonchev–Trinajstić information content (AvgIpc) is 2.42. The monoisotopic (exact) mass is 259 g/mol. The van der Waals surface area contributed by atoms with Crippen molar-refractivity contribution >= 4 is 16.9 Å². The molecule has 0 saturated heterocycles. The molecule has 0 unspecified atom stereocenters. The minimum Gasteiger partial charge on any atom is -0.478 e. The zero-order valence-corrected chi connectivity index (χ0v) is 10.9. The van der Waals surface area contributed by atoms with Gasteiger partial charge in [0.25, 0.3) is 0 Å². The molecule has 19 heavy (non-hydrogen) atoms. The molecule has 0 aliphatic rings. The molecule has 0 spiro atoms. The van der Waals surface area contributed by atoms with E-state index in [1.54, 1.807) is 30.3 Å². The van der Waals surface area contributed by atoms with Crippen molar-refractivity contribution in [1.82, 2.24) is 4.98 Å². The Morgan fingerprint density at radius 2 is 2.11 bits per heavy atom. The van der Waals surface area contributed by atoms with Crippen LogP contribution in [0.15, 0.2) is 30.3 Å². The number of carbonyl (C=O) groups is 1. The van der Waals surface area contributed by atoms with Crippen LogP contribution >= 0.6 is 0 Å². The molecule has 0 amide bonds. The van der Waals surface area contributed by atoms with Gasteiger partial charge in [0.1, 0.15) is 0 Å². The van der Waals surface area contributed by atoms with Gasteiger partial charge in [0.05, 0.1) is 17.7 Å². The Labute approximate surface area is 112 Å². The number of benzene rings is 1. The molecule has 1 N–H and O–H groups in total. The third-order valence-corrected chi connectivity index (χ3v) is 2.93. The summed E-state index contributed by atoms with van der Waals surface area (Å²) in [4.78, 5) is 15.4. The number of aromatic nitrogens is 1. The van der Waals surface area contributed by atoms with Crippen LogP contribution in [0.4, 0.5) is 0 Å². The van der Waals surface area contributed by atoms with Gasteiger partial charge in [-0.15, -0.1) is 0 Å². The zero-order chi connectivity index (χ0) is 13.7. The van der Waals surface area contributed by atoms with E-state index in [0.29, 0.717) is 23.4 Å². The van der Waals surface area contributed by atoms with E-state index in [2.05, 4.69) is 11.9 Å². The van der Waals surface area contributed by atoms with E-state index in [-0.39, 0.29) is 5.56 Å². The molecule has 100 valence electrons. The third kappa shape index (κ3) is 3.22. The van der Waals surface area contributed by atoms with Gasteiger partial charge in [-0.1, -0.05) is 25.8 Å². The number of aromatic carboxylic acids is 1. The Kier molecular flexibility index (Phi) is 4.34. The second kappa shape index (κ2) is 6.18. The van der Waals surface area contributed by atoms with Crippen LogP contribution < -0.4 is 4.74 Å². The molecule has 0 atom stereocenters. The number of hydrogen-bond donors (Lipinski definition) is 1. The second-order valence-electron chi connectivity index (χ2n) is 4.38. The van der Waals surface area contributed by atoms with Crippen LogP contribution in [-0.4, -0.2) is 22.7 Å². The molecule has 2 aromatic rings. The first-order chi connectivity index (χ1) is 9.22. The number of carboxylic acid groups (broad SMARTS) is 1. The number of ether oxygens (including phenoxy) is 1. The number of nitrogens with zero attached hydrogens (tertiary/aromatic N) is 1. The van der Waals surface area contributed by atoms with Crippen LogP contribution in [0.25, 0.3) is 10.9 Å². The summed E-state index contributed by atoms with van der Waals surface area (Å²) in [6.07, 6.45) is 3.29. The lowest BCUT2D eigenvalue weighted by Crippen LogP contribution is -2.01. The van der Waals surface area contributed by atoms with Gasteiger partial charge >= 0.3 is 5.97 Å². The molecular formula is C15H17NO3. The Balaban J connectivity index is 2.19. The van der Waals surface area contributed by atoms with Gasteiger partial charge in [-0.05, 0) is 24.6 Å². The van der Waals surface area contributed by atoms with Crippen molar-refractivity contribution in [2.75, 3.05) is 6.61 Å². The van der Waals surface area contributed by atoms with Crippen molar-refractivity contribution < 1.29 is 14.6 Å². The first-order valence-electron chi connectivity index (χ1n) is 6.48. The highest BCUT2D eigenvalue weighted by Gasteiger charge is 2.09. The summed E-state index contributed by atoms with van der Waals surface area (Å²) < 4.78 is 5.56. The fourth-order valence-corrected chi connectivity index (χ4v) is 1.93. The van der Waals surface area contributed by atoms with Crippen LogP contribution in [0.1, 0.15) is 36.5 Å². The van der Waals surface area contributed by atoms with E-state index < -0.39 is 5.97 Å². The van der Waals surface area contributed by atoms with E-state index in [4.69, 9.17) is 9.84 Å². The highest BCUT2D eigenvalue weighted by Crippen LogP contribution is 2.20. The standard InChI is InChI=1S/C15H17NO3/c1-2-3-4-10-19-14-9-8-11-12(15(17)18)6-5-7-13(11)16-14/h5-9H,2-4,10H2,1H3,(H,17,18). The molecule has 0 aliphatic carbocycles. The lowest BCUT2D eigenvalue weighted by molar-refractivity contribution is 0.0699. The summed E-state index contributed by atoms with van der Waals surface area (Å²) in [5, 5.41) is 9.73. The number of hydrogen-bond acceptors (Lipinski definition) is 3. The van der Waals surface area contributed by atoms with Crippen LogP contribution in [0.3, 0.4) is 0 Å². The first kappa shape index (κ1) is 13.3. The molecule has 0 radical (unpaired) electrons. The van der Waals surface area contributed by atoms with Crippen LogP contribution in [0.5, 0.6) is 5.88 Å². The second-order valence-corrected chi connectivity index (χ2v) is 4.38. The van der Waals surface area contributed by atoms with Crippen LogP contribution in [0.2, 0.25) is 0 Å². The molecular weight excluding hydrogens is 242 g/mol. The minimum atomic E-state index is -0.941. The summed E-state index contributed by atoms with van der Waals surface area (Å²) in [7, 11) is 0. The predicted octanol–water partition coefficient (Wildman–Crippen LogP) is 3.50. The van der Waals surface area contributed by atoms with Gasteiger partial charge in [-0.2, -0.15) is 0 Å². The molecule has 0 bridgehead atoms. The number of rotatable bonds is 6. The summed E-state index contributed by atoms with van der Waals surface area (Å²) >= 11 is 0. The number of fused-ring (bicyclic) bond motifs is 1. The van der Waals surface area contributed by atoms with Crippen LogP contribution in [-0.2, 0) is 0 Å². The van der Waals surface area contributed by atoms with Gasteiger partial charge < -0.3 is 9.84 Å². The SMILES string of the molecule is CCCCCOc1ccc2c(C(=O)O)cccc2n1. The minimum absolute atomic E-state index is 0.266. The van der Waals surface area contributed by atoms with E-state index in [9.17, 15) is 4.79 Å². The molecule has 1 aromatic heterocycles. The molecule has 1 aromatic carbocycles. The highest BCUT2D eigenvalue weighted by atomic mass is 16.5. The molecule has 0 saturated carbocycles. The van der Waals surface area contributed by atoms with Gasteiger partial charge in [0, 0.05) is 11.5 Å². The van der Waals surface area contributed by atoms with E-state index in [0.717, 1.165) is 19.3 Å². The first-order valence-corrected chi connectivity index (χ1v) is 6.48. The van der Waals surface area contributed by atoms with E-state index >= 15 is 0 Å². The van der Waals surface area contributed by atoms with Crippen molar-refractivity contribution in [3.63, 3.8) is 0 Å². The molecule has 4 nitrogen and oxygen atoms in total. The Bertz CT molecular complexity index is 581. The van der Waals surface area contributed by atoms with Crippen molar-refractivity contribution in [2.45, 2.75) is 26.2 Å². The lowest BCUT2D eigenvalue weighted by atomic mass is 10.1. The zero-order valence-electron chi connectivity index (χ0n) is 10.9.